The molecule has 0 unspecified atom stereocenters. The molecular formula is C14H25N3. The molecule has 0 spiro atoms. The van der Waals surface area contributed by atoms with Crippen molar-refractivity contribution in [2.75, 3.05) is 6.54 Å². The van der Waals surface area contributed by atoms with E-state index in [0.717, 1.165) is 25.4 Å². The largest absolute Gasteiger partial charge is 0.313 e. The van der Waals surface area contributed by atoms with Gasteiger partial charge in [0.1, 0.15) is 0 Å². The van der Waals surface area contributed by atoms with Crippen LogP contribution in [0.4, 0.5) is 0 Å². The van der Waals surface area contributed by atoms with Crippen LogP contribution in [0, 0.1) is 5.41 Å². The zero-order chi connectivity index (χ0) is 12.5. The van der Waals surface area contributed by atoms with E-state index in [1.807, 2.05) is 4.68 Å². The molecule has 1 aliphatic rings. The molecule has 3 heteroatoms. The number of hydrogen-bond acceptors (Lipinski definition) is 2. The lowest BCUT2D eigenvalue weighted by molar-refractivity contribution is 0.329. The van der Waals surface area contributed by atoms with Gasteiger partial charge in [-0.05, 0) is 37.2 Å². The molecule has 1 saturated carbocycles. The zero-order valence-corrected chi connectivity index (χ0v) is 11.6. The Morgan fingerprint density at radius 1 is 1.47 bits per heavy atom. The highest BCUT2D eigenvalue weighted by Crippen LogP contribution is 2.25. The molecule has 1 N–H and O–H groups in total. The summed E-state index contributed by atoms with van der Waals surface area (Å²) in [5, 5.41) is 8.14. The molecule has 0 amide bonds. The SMILES string of the molecule is CCc1cc(CC(C)(C)CNC2CC2)n(C)n1. The Hall–Kier alpha value is -0.830. The van der Waals surface area contributed by atoms with E-state index < -0.39 is 0 Å². The highest BCUT2D eigenvalue weighted by Gasteiger charge is 2.26. The van der Waals surface area contributed by atoms with Gasteiger partial charge in [0, 0.05) is 25.3 Å². The molecule has 1 aliphatic carbocycles. The van der Waals surface area contributed by atoms with Gasteiger partial charge >= 0.3 is 0 Å². The van der Waals surface area contributed by atoms with Crippen molar-refractivity contribution < 1.29 is 0 Å². The van der Waals surface area contributed by atoms with Crippen LogP contribution in [0.1, 0.15) is 45.0 Å². The molecule has 1 aromatic rings. The molecule has 0 radical (unpaired) electrons. The zero-order valence-electron chi connectivity index (χ0n) is 11.6. The maximum Gasteiger partial charge on any atom is 0.0624 e. The summed E-state index contributed by atoms with van der Waals surface area (Å²) >= 11 is 0. The smallest absolute Gasteiger partial charge is 0.0624 e. The average molecular weight is 235 g/mol. The van der Waals surface area contributed by atoms with Crippen molar-refractivity contribution in [1.82, 2.24) is 15.1 Å². The Balaban J connectivity index is 1.94. The minimum atomic E-state index is 0.307. The van der Waals surface area contributed by atoms with Crippen molar-refractivity contribution in [3.05, 3.63) is 17.5 Å². The van der Waals surface area contributed by atoms with Gasteiger partial charge in [-0.15, -0.1) is 0 Å². The molecule has 1 aromatic heterocycles. The lowest BCUT2D eigenvalue weighted by Gasteiger charge is -2.25. The molecule has 0 saturated heterocycles. The van der Waals surface area contributed by atoms with E-state index >= 15 is 0 Å². The molecule has 3 nitrogen and oxygen atoms in total. The second-order valence-electron chi connectivity index (χ2n) is 6.10. The van der Waals surface area contributed by atoms with Gasteiger partial charge in [0.15, 0.2) is 0 Å². The number of hydrogen-bond donors (Lipinski definition) is 1. The first-order valence-electron chi connectivity index (χ1n) is 6.75. The number of nitrogens with zero attached hydrogens (tertiary/aromatic N) is 2. The van der Waals surface area contributed by atoms with Gasteiger partial charge < -0.3 is 5.32 Å². The summed E-state index contributed by atoms with van der Waals surface area (Å²) in [6.45, 7) is 7.93. The van der Waals surface area contributed by atoms with Crippen LogP contribution >= 0.6 is 0 Å². The molecule has 1 fully saturated rings. The minimum Gasteiger partial charge on any atom is -0.313 e. The Bertz CT molecular complexity index is 375. The fourth-order valence-corrected chi connectivity index (χ4v) is 2.17. The van der Waals surface area contributed by atoms with Crippen molar-refractivity contribution >= 4 is 0 Å². The first-order valence-corrected chi connectivity index (χ1v) is 6.75. The lowest BCUT2D eigenvalue weighted by atomic mass is 9.87. The van der Waals surface area contributed by atoms with Crippen LogP contribution in [-0.4, -0.2) is 22.4 Å². The van der Waals surface area contributed by atoms with Crippen LogP contribution in [0.2, 0.25) is 0 Å². The van der Waals surface area contributed by atoms with E-state index in [9.17, 15) is 0 Å². The van der Waals surface area contributed by atoms with Crippen LogP contribution in [-0.2, 0) is 19.9 Å². The van der Waals surface area contributed by atoms with E-state index in [-0.39, 0.29) is 0 Å². The van der Waals surface area contributed by atoms with Gasteiger partial charge in [-0.3, -0.25) is 4.68 Å². The van der Waals surface area contributed by atoms with E-state index in [1.54, 1.807) is 0 Å². The lowest BCUT2D eigenvalue weighted by Crippen LogP contribution is -2.33. The van der Waals surface area contributed by atoms with E-state index in [4.69, 9.17) is 0 Å². The quantitative estimate of drug-likeness (QED) is 0.820. The molecule has 0 bridgehead atoms. The standard InChI is InChI=1S/C14H25N3/c1-5-11-8-13(17(4)16-11)9-14(2,3)10-15-12-6-7-12/h8,12,15H,5-7,9-10H2,1-4H3. The maximum atomic E-state index is 4.52. The van der Waals surface area contributed by atoms with Gasteiger partial charge in [-0.25, -0.2) is 0 Å². The predicted octanol–water partition coefficient (Wildman–Crippen LogP) is 2.30. The Labute approximate surface area is 105 Å². The van der Waals surface area contributed by atoms with Crippen molar-refractivity contribution in [2.24, 2.45) is 12.5 Å². The van der Waals surface area contributed by atoms with Crippen molar-refractivity contribution in [2.45, 2.75) is 52.5 Å². The Morgan fingerprint density at radius 3 is 2.71 bits per heavy atom. The molecule has 1 heterocycles. The van der Waals surface area contributed by atoms with Crippen molar-refractivity contribution in [3.63, 3.8) is 0 Å². The van der Waals surface area contributed by atoms with Crippen LogP contribution in [0.25, 0.3) is 0 Å². The first-order chi connectivity index (χ1) is 8.00. The van der Waals surface area contributed by atoms with Crippen LogP contribution in [0.5, 0.6) is 0 Å². The fourth-order valence-electron chi connectivity index (χ4n) is 2.17. The predicted molar refractivity (Wildman–Crippen MR) is 71.1 cm³/mol. The number of nitrogens with one attached hydrogen (secondary N) is 1. The van der Waals surface area contributed by atoms with E-state index in [1.165, 1.54) is 24.2 Å². The Morgan fingerprint density at radius 2 is 2.18 bits per heavy atom. The number of rotatable bonds is 6. The van der Waals surface area contributed by atoms with Gasteiger partial charge in [0.25, 0.3) is 0 Å². The first kappa shape index (κ1) is 12.6. The topological polar surface area (TPSA) is 29.9 Å². The molecular weight excluding hydrogens is 210 g/mol. The summed E-state index contributed by atoms with van der Waals surface area (Å²) < 4.78 is 2.04. The summed E-state index contributed by atoms with van der Waals surface area (Å²) in [4.78, 5) is 0. The molecule has 0 aromatic carbocycles. The summed E-state index contributed by atoms with van der Waals surface area (Å²) in [7, 11) is 2.05. The van der Waals surface area contributed by atoms with Gasteiger partial charge in [0.2, 0.25) is 0 Å². The summed E-state index contributed by atoms with van der Waals surface area (Å²) in [5.41, 5.74) is 2.86. The number of aromatic nitrogens is 2. The van der Waals surface area contributed by atoms with Crippen molar-refractivity contribution in [1.29, 1.82) is 0 Å². The van der Waals surface area contributed by atoms with E-state index in [0.29, 0.717) is 5.41 Å². The third-order valence-electron chi connectivity index (χ3n) is 3.50. The summed E-state index contributed by atoms with van der Waals surface area (Å²) in [6.07, 6.45) is 4.84. The molecule has 17 heavy (non-hydrogen) atoms. The van der Waals surface area contributed by atoms with E-state index in [2.05, 4.69) is 44.3 Å². The fraction of sp³-hybridized carbons (Fsp3) is 0.786. The number of aryl methyl sites for hydroxylation is 2. The highest BCUT2D eigenvalue weighted by molar-refractivity contribution is 5.12. The summed E-state index contributed by atoms with van der Waals surface area (Å²) in [5.74, 6) is 0. The van der Waals surface area contributed by atoms with Crippen LogP contribution in [0.15, 0.2) is 6.07 Å². The third-order valence-corrected chi connectivity index (χ3v) is 3.50. The molecule has 2 rings (SSSR count). The maximum absolute atomic E-state index is 4.52. The Kier molecular flexibility index (Phi) is 3.57. The van der Waals surface area contributed by atoms with Crippen molar-refractivity contribution in [3.8, 4) is 0 Å². The average Bonchev–Trinajstić information content (AvgIpc) is 3.02. The third kappa shape index (κ3) is 3.56. The normalized spacial score (nSPS) is 16.5. The highest BCUT2D eigenvalue weighted by atomic mass is 15.3. The molecule has 0 aliphatic heterocycles. The van der Waals surface area contributed by atoms with Gasteiger partial charge in [0.05, 0.1) is 5.69 Å². The van der Waals surface area contributed by atoms with Crippen LogP contribution in [0.3, 0.4) is 0 Å². The van der Waals surface area contributed by atoms with Crippen LogP contribution < -0.4 is 5.32 Å². The van der Waals surface area contributed by atoms with Gasteiger partial charge in [-0.2, -0.15) is 5.10 Å². The van der Waals surface area contributed by atoms with Gasteiger partial charge in [-0.1, -0.05) is 20.8 Å². The molecule has 0 atom stereocenters. The second-order valence-corrected chi connectivity index (χ2v) is 6.10. The molecule has 96 valence electrons. The monoisotopic (exact) mass is 235 g/mol. The summed E-state index contributed by atoms with van der Waals surface area (Å²) in [6, 6.07) is 3.05. The minimum absolute atomic E-state index is 0.307. The second kappa shape index (κ2) is 4.81.